The van der Waals surface area contributed by atoms with Crippen LogP contribution in [0.4, 0.5) is 13.2 Å². The molecule has 4 rings (SSSR count). The maximum atomic E-state index is 13.4. The molecule has 9 nitrogen and oxygen atoms in total. The standard InChI is InChI=1S/C21H19F3N6O3/c1-11-25-10-30(28-11)12-4-5-15-14(6-12)26-9-29(15)13-7-16(32-2)18(17(8-13)33-3)21(31)27-20(24)19(22)23/h4-10,19-20H,1-3H3,(H,27,31). The third-order valence-electron chi connectivity index (χ3n) is 4.89. The Labute approximate surface area is 185 Å². The number of carbonyl (C=O) groups is 1. The number of hydrogen-bond donors (Lipinski definition) is 1. The lowest BCUT2D eigenvalue weighted by Gasteiger charge is -2.17. The minimum absolute atomic E-state index is 0.0138. The quantitative estimate of drug-likeness (QED) is 0.426. The lowest BCUT2D eigenvalue weighted by atomic mass is 10.1. The second kappa shape index (κ2) is 8.81. The molecule has 0 fully saturated rings. The minimum Gasteiger partial charge on any atom is -0.496 e. The van der Waals surface area contributed by atoms with E-state index in [9.17, 15) is 18.0 Å². The predicted molar refractivity (Wildman–Crippen MR) is 112 cm³/mol. The van der Waals surface area contributed by atoms with Crippen LogP contribution in [0, 0.1) is 6.92 Å². The number of aromatic nitrogens is 5. The molecule has 33 heavy (non-hydrogen) atoms. The summed E-state index contributed by atoms with van der Waals surface area (Å²) in [5.74, 6) is -0.428. The van der Waals surface area contributed by atoms with Gasteiger partial charge < -0.3 is 14.8 Å². The average molecular weight is 460 g/mol. The number of benzene rings is 2. The summed E-state index contributed by atoms with van der Waals surface area (Å²) in [7, 11) is 2.60. The van der Waals surface area contributed by atoms with Crippen molar-refractivity contribution in [2.45, 2.75) is 19.6 Å². The molecule has 1 atom stereocenters. The largest absolute Gasteiger partial charge is 0.496 e. The third kappa shape index (κ3) is 4.19. The molecule has 172 valence electrons. The molecular formula is C21H19F3N6O3. The molecule has 12 heteroatoms. The number of aryl methyl sites for hydroxylation is 1. The fraction of sp³-hybridized carbons (Fsp3) is 0.238. The normalized spacial score (nSPS) is 12.2. The van der Waals surface area contributed by atoms with E-state index >= 15 is 0 Å². The Bertz CT molecular complexity index is 1290. The number of fused-ring (bicyclic) bond motifs is 1. The van der Waals surface area contributed by atoms with Crippen LogP contribution in [0.15, 0.2) is 43.0 Å². The summed E-state index contributed by atoms with van der Waals surface area (Å²) in [4.78, 5) is 21.0. The van der Waals surface area contributed by atoms with E-state index in [1.54, 1.807) is 34.1 Å². The van der Waals surface area contributed by atoms with Gasteiger partial charge >= 0.3 is 0 Å². The van der Waals surface area contributed by atoms with Crippen LogP contribution in [-0.4, -0.2) is 57.2 Å². The van der Waals surface area contributed by atoms with E-state index in [1.165, 1.54) is 26.4 Å². The van der Waals surface area contributed by atoms with Crippen LogP contribution in [0.5, 0.6) is 11.5 Å². The molecule has 1 N–H and O–H groups in total. The van der Waals surface area contributed by atoms with Crippen LogP contribution in [0.3, 0.4) is 0 Å². The van der Waals surface area contributed by atoms with Gasteiger partial charge in [-0.2, -0.15) is 5.10 Å². The summed E-state index contributed by atoms with van der Waals surface area (Å²) in [6.07, 6.45) is -3.02. The zero-order valence-corrected chi connectivity index (χ0v) is 17.8. The van der Waals surface area contributed by atoms with Gasteiger partial charge in [-0.25, -0.2) is 27.8 Å². The minimum atomic E-state index is -3.37. The summed E-state index contributed by atoms with van der Waals surface area (Å²) in [6.45, 7) is 1.79. The lowest BCUT2D eigenvalue weighted by Crippen LogP contribution is -2.36. The first-order chi connectivity index (χ1) is 15.8. The Balaban J connectivity index is 1.75. The predicted octanol–water partition coefficient (Wildman–Crippen LogP) is 3.22. The van der Waals surface area contributed by atoms with Gasteiger partial charge in [0.15, 0.2) is 0 Å². The number of hydrogen-bond acceptors (Lipinski definition) is 6. The second-order valence-corrected chi connectivity index (χ2v) is 6.96. The van der Waals surface area contributed by atoms with E-state index in [2.05, 4.69) is 15.1 Å². The molecule has 0 bridgehead atoms. The maximum Gasteiger partial charge on any atom is 0.287 e. The number of methoxy groups -OCH3 is 2. The number of imidazole rings is 1. The van der Waals surface area contributed by atoms with Crippen LogP contribution >= 0.6 is 0 Å². The summed E-state index contributed by atoms with van der Waals surface area (Å²) in [5.41, 5.74) is 2.49. The van der Waals surface area contributed by atoms with Gasteiger partial charge in [-0.15, -0.1) is 0 Å². The number of rotatable bonds is 7. The molecule has 0 saturated carbocycles. The summed E-state index contributed by atoms with van der Waals surface area (Å²) in [5, 5.41) is 5.89. The highest BCUT2D eigenvalue weighted by molar-refractivity contribution is 6.00. The van der Waals surface area contributed by atoms with Gasteiger partial charge in [0.1, 0.15) is 35.5 Å². The van der Waals surface area contributed by atoms with Gasteiger partial charge in [-0.3, -0.25) is 9.36 Å². The average Bonchev–Trinajstić information content (AvgIpc) is 3.43. The number of nitrogens with one attached hydrogen (secondary N) is 1. The Morgan fingerprint density at radius 1 is 1.00 bits per heavy atom. The first-order valence-corrected chi connectivity index (χ1v) is 9.67. The fourth-order valence-electron chi connectivity index (χ4n) is 3.34. The van der Waals surface area contributed by atoms with Crippen molar-refractivity contribution in [3.63, 3.8) is 0 Å². The molecule has 0 aliphatic rings. The second-order valence-electron chi connectivity index (χ2n) is 6.96. The molecule has 0 aliphatic heterocycles. The Kier molecular flexibility index (Phi) is 5.90. The number of amides is 1. The zero-order chi connectivity index (χ0) is 23.7. The van der Waals surface area contributed by atoms with Crippen molar-refractivity contribution >= 4 is 16.9 Å². The lowest BCUT2D eigenvalue weighted by molar-refractivity contribution is 0.0285. The first-order valence-electron chi connectivity index (χ1n) is 9.67. The number of alkyl halides is 3. The Hall–Kier alpha value is -4.09. The Morgan fingerprint density at radius 2 is 1.70 bits per heavy atom. The van der Waals surface area contributed by atoms with Gasteiger partial charge in [0.25, 0.3) is 12.3 Å². The molecular weight excluding hydrogens is 441 g/mol. The Morgan fingerprint density at radius 3 is 2.27 bits per heavy atom. The number of nitrogens with zero attached hydrogens (tertiary/aromatic N) is 5. The third-order valence-corrected chi connectivity index (χ3v) is 4.89. The van der Waals surface area contributed by atoms with Crippen LogP contribution in [-0.2, 0) is 0 Å². The molecule has 2 heterocycles. The first kappa shape index (κ1) is 22.1. The van der Waals surface area contributed by atoms with E-state index in [1.807, 2.05) is 18.2 Å². The molecule has 0 saturated heterocycles. The van der Waals surface area contributed by atoms with Crippen LogP contribution in [0.25, 0.3) is 22.4 Å². The monoisotopic (exact) mass is 460 g/mol. The zero-order valence-electron chi connectivity index (χ0n) is 17.8. The van der Waals surface area contributed by atoms with Crippen molar-refractivity contribution in [3.8, 4) is 22.9 Å². The molecule has 0 radical (unpaired) electrons. The maximum absolute atomic E-state index is 13.4. The van der Waals surface area contributed by atoms with Crippen molar-refractivity contribution < 1.29 is 27.4 Å². The topological polar surface area (TPSA) is 96.1 Å². The van der Waals surface area contributed by atoms with Crippen molar-refractivity contribution in [1.82, 2.24) is 29.6 Å². The summed E-state index contributed by atoms with van der Waals surface area (Å²) < 4.78 is 52.4. The van der Waals surface area contributed by atoms with Crippen LogP contribution in [0.2, 0.25) is 0 Å². The van der Waals surface area contributed by atoms with Crippen molar-refractivity contribution in [1.29, 1.82) is 0 Å². The molecule has 4 aromatic rings. The van der Waals surface area contributed by atoms with E-state index in [4.69, 9.17) is 9.47 Å². The van der Waals surface area contributed by atoms with E-state index in [0.717, 1.165) is 11.2 Å². The van der Waals surface area contributed by atoms with Gasteiger partial charge in [0, 0.05) is 12.1 Å². The smallest absolute Gasteiger partial charge is 0.287 e. The number of halogens is 3. The summed E-state index contributed by atoms with van der Waals surface area (Å²) in [6, 6.07) is 8.52. The highest BCUT2D eigenvalue weighted by atomic mass is 19.3. The molecule has 2 aromatic heterocycles. The molecule has 0 spiro atoms. The SMILES string of the molecule is COc1cc(-n2cnc3cc(-n4cnc(C)n4)ccc32)cc(OC)c1C(=O)NC(F)C(F)F. The number of carbonyl (C=O) groups excluding carboxylic acids is 1. The van der Waals surface area contributed by atoms with E-state index in [0.29, 0.717) is 17.0 Å². The summed E-state index contributed by atoms with van der Waals surface area (Å²) >= 11 is 0. The van der Waals surface area contributed by atoms with Crippen LogP contribution in [0.1, 0.15) is 16.2 Å². The fourth-order valence-corrected chi connectivity index (χ4v) is 3.34. The van der Waals surface area contributed by atoms with E-state index < -0.39 is 18.6 Å². The molecule has 1 unspecified atom stereocenters. The molecule has 1 amide bonds. The van der Waals surface area contributed by atoms with Gasteiger partial charge in [-0.1, -0.05) is 0 Å². The van der Waals surface area contributed by atoms with Crippen molar-refractivity contribution in [3.05, 3.63) is 54.4 Å². The van der Waals surface area contributed by atoms with Crippen LogP contribution < -0.4 is 14.8 Å². The van der Waals surface area contributed by atoms with Crippen molar-refractivity contribution in [2.75, 3.05) is 14.2 Å². The van der Waals surface area contributed by atoms with Gasteiger partial charge in [0.2, 0.25) is 6.30 Å². The van der Waals surface area contributed by atoms with Gasteiger partial charge in [-0.05, 0) is 25.1 Å². The number of ether oxygens (including phenoxy) is 2. The van der Waals surface area contributed by atoms with Gasteiger partial charge in [0.05, 0.1) is 36.6 Å². The van der Waals surface area contributed by atoms with E-state index in [-0.39, 0.29) is 17.1 Å². The molecule has 0 aliphatic carbocycles. The highest BCUT2D eigenvalue weighted by Crippen LogP contribution is 2.33. The van der Waals surface area contributed by atoms with Crippen molar-refractivity contribution in [2.24, 2.45) is 0 Å². The molecule has 2 aromatic carbocycles. The highest BCUT2D eigenvalue weighted by Gasteiger charge is 2.27.